The molecule has 1 heterocycles. The van der Waals surface area contributed by atoms with Gasteiger partial charge in [-0.05, 0) is 75.8 Å². The lowest BCUT2D eigenvalue weighted by atomic mass is 9.47. The highest BCUT2D eigenvalue weighted by atomic mass is 35.5. The normalized spacial score (nSPS) is 36.9. The fourth-order valence-electron chi connectivity index (χ4n) is 6.89. The Bertz CT molecular complexity index is 886. The first-order chi connectivity index (χ1) is 13.7. The maximum Gasteiger partial charge on any atom is 0.311 e. The number of halogens is 2. The molecule has 1 aliphatic heterocycles. The number of anilines is 1. The molecular formula is C22H26Cl2N2O3. The summed E-state index contributed by atoms with van der Waals surface area (Å²) in [4.78, 5) is 25.9. The monoisotopic (exact) mass is 436 g/mol. The lowest BCUT2D eigenvalue weighted by Crippen LogP contribution is -2.80. The molecule has 4 bridgehead atoms. The van der Waals surface area contributed by atoms with Crippen LogP contribution < -0.4 is 5.01 Å². The van der Waals surface area contributed by atoms with Gasteiger partial charge in [0.15, 0.2) is 0 Å². The predicted octanol–water partition coefficient (Wildman–Crippen LogP) is 4.70. The minimum Gasteiger partial charge on any atom is -0.469 e. The molecule has 0 spiro atoms. The van der Waals surface area contributed by atoms with Crippen LogP contribution >= 0.6 is 23.2 Å². The molecule has 1 saturated heterocycles. The van der Waals surface area contributed by atoms with Crippen molar-refractivity contribution < 1.29 is 14.3 Å². The van der Waals surface area contributed by atoms with Crippen molar-refractivity contribution in [2.45, 2.75) is 57.5 Å². The van der Waals surface area contributed by atoms with Crippen LogP contribution in [0, 0.1) is 23.2 Å². The molecule has 4 aliphatic carbocycles. The van der Waals surface area contributed by atoms with Crippen LogP contribution in [0.25, 0.3) is 0 Å². The Kier molecular flexibility index (Phi) is 4.22. The molecule has 1 amide bonds. The quantitative estimate of drug-likeness (QED) is 0.644. The summed E-state index contributed by atoms with van der Waals surface area (Å²) in [5.74, 6) is 1.20. The van der Waals surface area contributed by atoms with Crippen molar-refractivity contribution >= 4 is 40.8 Å². The van der Waals surface area contributed by atoms with Crippen LogP contribution in [0.5, 0.6) is 0 Å². The molecular weight excluding hydrogens is 411 g/mol. The van der Waals surface area contributed by atoms with Crippen molar-refractivity contribution in [3.8, 4) is 0 Å². The van der Waals surface area contributed by atoms with E-state index in [1.54, 1.807) is 6.07 Å². The van der Waals surface area contributed by atoms with Crippen LogP contribution in [0.4, 0.5) is 5.69 Å². The Morgan fingerprint density at radius 1 is 1.14 bits per heavy atom. The van der Waals surface area contributed by atoms with Crippen LogP contribution in [-0.2, 0) is 14.3 Å². The molecule has 2 unspecified atom stereocenters. The smallest absolute Gasteiger partial charge is 0.311 e. The summed E-state index contributed by atoms with van der Waals surface area (Å²) >= 11 is 12.8. The zero-order valence-corrected chi connectivity index (χ0v) is 18.5. The van der Waals surface area contributed by atoms with E-state index in [4.69, 9.17) is 27.9 Å². The van der Waals surface area contributed by atoms with E-state index >= 15 is 0 Å². The number of hydrogen-bond acceptors (Lipinski definition) is 4. The molecule has 0 N–H and O–H groups in total. The Morgan fingerprint density at radius 2 is 1.79 bits per heavy atom. The summed E-state index contributed by atoms with van der Waals surface area (Å²) in [7, 11) is 1.49. The highest BCUT2D eigenvalue weighted by molar-refractivity contribution is 6.43. The topological polar surface area (TPSA) is 49.9 Å². The van der Waals surface area contributed by atoms with E-state index in [-0.39, 0.29) is 23.3 Å². The van der Waals surface area contributed by atoms with E-state index in [0.29, 0.717) is 27.8 Å². The van der Waals surface area contributed by atoms with Gasteiger partial charge in [-0.15, -0.1) is 0 Å². The first-order valence-corrected chi connectivity index (χ1v) is 11.1. The number of benzene rings is 1. The van der Waals surface area contributed by atoms with Crippen LogP contribution in [0.3, 0.4) is 0 Å². The van der Waals surface area contributed by atoms with Gasteiger partial charge in [0, 0.05) is 0 Å². The Labute approximate surface area is 181 Å². The first kappa shape index (κ1) is 19.5. The van der Waals surface area contributed by atoms with Crippen LogP contribution in [0.2, 0.25) is 10.0 Å². The molecule has 7 heteroatoms. The molecule has 0 radical (unpaired) electrons. The summed E-state index contributed by atoms with van der Waals surface area (Å²) in [6, 6.07) is 5.64. The highest BCUT2D eigenvalue weighted by Gasteiger charge is 2.65. The van der Waals surface area contributed by atoms with E-state index in [1.807, 2.05) is 36.0 Å². The zero-order chi connectivity index (χ0) is 20.7. The summed E-state index contributed by atoms with van der Waals surface area (Å²) in [5.41, 5.74) is -0.271. The summed E-state index contributed by atoms with van der Waals surface area (Å²) in [6.45, 7) is 3.85. The molecule has 29 heavy (non-hydrogen) atoms. The van der Waals surface area contributed by atoms with Gasteiger partial charge in [-0.25, -0.2) is 5.01 Å². The van der Waals surface area contributed by atoms with E-state index < -0.39 is 5.54 Å². The number of carbonyl (C=O) groups is 2. The highest BCUT2D eigenvalue weighted by Crippen LogP contribution is 2.63. The number of hydrazine groups is 1. The largest absolute Gasteiger partial charge is 0.469 e. The van der Waals surface area contributed by atoms with Gasteiger partial charge in [-0.2, -0.15) is 0 Å². The van der Waals surface area contributed by atoms with Crippen molar-refractivity contribution in [1.29, 1.82) is 0 Å². The van der Waals surface area contributed by atoms with Crippen LogP contribution in [0.1, 0.15) is 46.0 Å². The predicted molar refractivity (Wildman–Crippen MR) is 112 cm³/mol. The van der Waals surface area contributed by atoms with Crippen molar-refractivity contribution in [2.24, 2.45) is 23.2 Å². The fraction of sp³-hybridized carbons (Fsp3) is 0.636. The molecule has 4 saturated carbocycles. The van der Waals surface area contributed by atoms with Gasteiger partial charge in [-0.3, -0.25) is 14.6 Å². The Morgan fingerprint density at radius 3 is 2.41 bits per heavy atom. The van der Waals surface area contributed by atoms with Crippen molar-refractivity contribution in [3.63, 3.8) is 0 Å². The minimum atomic E-state index is -0.678. The summed E-state index contributed by atoms with van der Waals surface area (Å²) in [5, 5.41) is 4.90. The molecule has 5 fully saturated rings. The van der Waals surface area contributed by atoms with Crippen molar-refractivity contribution in [1.82, 2.24) is 5.01 Å². The molecule has 0 aromatic heterocycles. The van der Waals surface area contributed by atoms with E-state index in [0.717, 1.165) is 37.8 Å². The maximum absolute atomic E-state index is 13.3. The first-order valence-electron chi connectivity index (χ1n) is 10.4. The molecule has 6 rings (SSSR count). The van der Waals surface area contributed by atoms with Gasteiger partial charge in [-0.1, -0.05) is 29.3 Å². The SMILES string of the molecule is COC(=O)[C@]12CC3CC(C1)[C@@H](N1C(=O)C(C)(C)N1c1cccc(Cl)c1Cl)[C@@H](C3)C2. The number of carbonyl (C=O) groups excluding carboxylic acids is 2. The van der Waals surface area contributed by atoms with Crippen molar-refractivity contribution in [2.75, 3.05) is 12.1 Å². The molecule has 1 aromatic rings. The Balaban J connectivity index is 1.52. The van der Waals surface area contributed by atoms with Gasteiger partial charge in [0.2, 0.25) is 0 Å². The third-order valence-corrected chi connectivity index (χ3v) is 8.57. The van der Waals surface area contributed by atoms with E-state index in [2.05, 4.69) is 0 Å². The van der Waals surface area contributed by atoms with Gasteiger partial charge in [0.05, 0.1) is 34.3 Å². The third-order valence-electron chi connectivity index (χ3n) is 7.76. The molecule has 5 nitrogen and oxygen atoms in total. The van der Waals surface area contributed by atoms with E-state index in [9.17, 15) is 9.59 Å². The van der Waals surface area contributed by atoms with E-state index in [1.165, 1.54) is 7.11 Å². The average molecular weight is 437 g/mol. The molecule has 156 valence electrons. The van der Waals surface area contributed by atoms with Gasteiger partial charge in [0.25, 0.3) is 5.91 Å². The number of methoxy groups -OCH3 is 1. The third kappa shape index (κ3) is 2.53. The van der Waals surface area contributed by atoms with Crippen LogP contribution in [0.15, 0.2) is 18.2 Å². The molecule has 5 atom stereocenters. The standard InChI is InChI=1S/C22H26Cl2N2O3/c1-21(2)19(27)25(26(21)16-6-4-5-15(23)17(16)24)18-13-7-12-8-14(18)11-22(9-12,10-13)20(28)29-3/h4-6,12-14,18H,7-11H2,1-3H3/t12?,13-,14?,18-,22-/m0/s1. The number of ether oxygens (including phenoxy) is 1. The number of esters is 1. The zero-order valence-electron chi connectivity index (χ0n) is 17.0. The molecule has 1 aromatic carbocycles. The average Bonchev–Trinajstić information content (AvgIpc) is 2.68. The van der Waals surface area contributed by atoms with Gasteiger partial charge < -0.3 is 4.74 Å². The van der Waals surface area contributed by atoms with Crippen LogP contribution in [-0.4, -0.2) is 35.6 Å². The second-order valence-corrected chi connectivity index (χ2v) is 10.6. The number of amides is 1. The maximum atomic E-state index is 13.3. The van der Waals surface area contributed by atoms with Gasteiger partial charge in [0.1, 0.15) is 5.54 Å². The summed E-state index contributed by atoms with van der Waals surface area (Å²) < 4.78 is 5.18. The second kappa shape index (κ2) is 6.27. The van der Waals surface area contributed by atoms with Crippen molar-refractivity contribution in [3.05, 3.63) is 28.2 Å². The lowest BCUT2D eigenvalue weighted by molar-refractivity contribution is -0.189. The number of rotatable bonds is 3. The fourth-order valence-corrected chi connectivity index (χ4v) is 7.27. The summed E-state index contributed by atoms with van der Waals surface area (Å²) in [6.07, 6.45) is 4.68. The second-order valence-electron chi connectivity index (χ2n) is 9.83. The Hall–Kier alpha value is -1.46. The number of nitrogens with zero attached hydrogens (tertiary/aromatic N) is 2. The molecule has 5 aliphatic rings. The lowest BCUT2D eigenvalue weighted by Gasteiger charge is -2.67. The minimum absolute atomic E-state index is 0.0691. The van der Waals surface area contributed by atoms with Gasteiger partial charge >= 0.3 is 5.97 Å². The number of hydrogen-bond donors (Lipinski definition) is 0.